The summed E-state index contributed by atoms with van der Waals surface area (Å²) in [5, 5.41) is 4.74. The number of imidazole rings is 1. The summed E-state index contributed by atoms with van der Waals surface area (Å²) in [7, 11) is 0. The lowest BCUT2D eigenvalue weighted by atomic mass is 10.2. The Bertz CT molecular complexity index is 731. The summed E-state index contributed by atoms with van der Waals surface area (Å²) < 4.78 is 0. The van der Waals surface area contributed by atoms with E-state index in [0.29, 0.717) is 11.4 Å². The van der Waals surface area contributed by atoms with Crippen LogP contribution in [0.1, 0.15) is 15.2 Å². The topological polar surface area (TPSA) is 83.8 Å². The lowest BCUT2D eigenvalue weighted by Gasteiger charge is -2.05. The summed E-state index contributed by atoms with van der Waals surface area (Å²) in [5.74, 6) is -0.130. The van der Waals surface area contributed by atoms with E-state index in [1.165, 1.54) is 11.3 Å². The minimum Gasteiger partial charge on any atom is -0.345 e. The minimum atomic E-state index is -0.130. The van der Waals surface area contributed by atoms with Crippen molar-refractivity contribution < 1.29 is 4.79 Å². The van der Waals surface area contributed by atoms with Gasteiger partial charge in [0.25, 0.3) is 5.91 Å². The minimum absolute atomic E-state index is 0.130. The number of carbonyl (C=O) groups excluding carboxylic acids is 1. The standard InChI is InChI=1S/C13H12N4OS/c14-6-8-3-4-19-12(8)13(18)17-9-1-2-10-11(5-9)16-7-15-10/h1-5,7H,6,14H2,(H,15,16)(H,17,18). The van der Waals surface area contributed by atoms with E-state index in [1.54, 1.807) is 6.33 Å². The van der Waals surface area contributed by atoms with Crippen molar-refractivity contribution in [3.8, 4) is 0 Å². The van der Waals surface area contributed by atoms with E-state index in [2.05, 4.69) is 15.3 Å². The molecule has 5 nitrogen and oxygen atoms in total. The summed E-state index contributed by atoms with van der Waals surface area (Å²) in [6, 6.07) is 7.42. The number of nitrogens with one attached hydrogen (secondary N) is 2. The van der Waals surface area contributed by atoms with Gasteiger partial charge in [0.15, 0.2) is 0 Å². The number of nitrogens with zero attached hydrogens (tertiary/aromatic N) is 1. The fourth-order valence-corrected chi connectivity index (χ4v) is 2.73. The zero-order valence-corrected chi connectivity index (χ0v) is 10.8. The Hall–Kier alpha value is -2.18. The van der Waals surface area contributed by atoms with Gasteiger partial charge in [-0.15, -0.1) is 11.3 Å². The third-order valence-corrected chi connectivity index (χ3v) is 3.81. The van der Waals surface area contributed by atoms with Gasteiger partial charge in [-0.05, 0) is 35.2 Å². The number of H-pyrrole nitrogens is 1. The maximum atomic E-state index is 12.1. The van der Waals surface area contributed by atoms with E-state index in [9.17, 15) is 4.79 Å². The van der Waals surface area contributed by atoms with Gasteiger partial charge >= 0.3 is 0 Å². The van der Waals surface area contributed by atoms with Crippen molar-refractivity contribution in [3.63, 3.8) is 0 Å². The molecule has 2 aromatic heterocycles. The van der Waals surface area contributed by atoms with Crippen LogP contribution >= 0.6 is 11.3 Å². The number of amides is 1. The van der Waals surface area contributed by atoms with Crippen molar-refractivity contribution >= 4 is 34.0 Å². The molecule has 0 spiro atoms. The monoisotopic (exact) mass is 272 g/mol. The first-order valence-electron chi connectivity index (χ1n) is 5.79. The van der Waals surface area contributed by atoms with Gasteiger partial charge in [0.1, 0.15) is 0 Å². The molecule has 3 aromatic rings. The molecule has 96 valence electrons. The summed E-state index contributed by atoms with van der Waals surface area (Å²) >= 11 is 1.39. The number of benzene rings is 1. The zero-order valence-electron chi connectivity index (χ0n) is 10.0. The van der Waals surface area contributed by atoms with Crippen LogP contribution in [0.25, 0.3) is 11.0 Å². The summed E-state index contributed by atoms with van der Waals surface area (Å²) in [6.07, 6.45) is 1.63. The second-order valence-electron chi connectivity index (χ2n) is 4.07. The molecular weight excluding hydrogens is 260 g/mol. The third-order valence-electron chi connectivity index (χ3n) is 2.85. The number of thiophene rings is 1. The number of carbonyl (C=O) groups is 1. The molecule has 19 heavy (non-hydrogen) atoms. The number of nitrogens with two attached hydrogens (primary N) is 1. The quantitative estimate of drug-likeness (QED) is 0.684. The van der Waals surface area contributed by atoms with Crippen LogP contribution in [0.5, 0.6) is 0 Å². The van der Waals surface area contributed by atoms with Crippen LogP contribution in [0, 0.1) is 0 Å². The van der Waals surface area contributed by atoms with Crippen LogP contribution in [-0.4, -0.2) is 15.9 Å². The highest BCUT2D eigenvalue weighted by molar-refractivity contribution is 7.12. The van der Waals surface area contributed by atoms with Crippen LogP contribution in [0.15, 0.2) is 36.0 Å². The first-order valence-corrected chi connectivity index (χ1v) is 6.67. The molecule has 0 aliphatic heterocycles. The first-order chi connectivity index (χ1) is 9.28. The van der Waals surface area contributed by atoms with Crippen molar-refractivity contribution in [2.24, 2.45) is 5.73 Å². The molecule has 0 radical (unpaired) electrons. The molecule has 3 rings (SSSR count). The Morgan fingerprint density at radius 2 is 2.32 bits per heavy atom. The van der Waals surface area contributed by atoms with E-state index in [-0.39, 0.29) is 5.91 Å². The number of rotatable bonds is 3. The molecule has 1 amide bonds. The Morgan fingerprint density at radius 1 is 1.42 bits per heavy atom. The van der Waals surface area contributed by atoms with E-state index in [1.807, 2.05) is 29.6 Å². The van der Waals surface area contributed by atoms with Crippen LogP contribution < -0.4 is 11.1 Å². The van der Waals surface area contributed by atoms with Gasteiger partial charge in [-0.25, -0.2) is 4.98 Å². The van der Waals surface area contributed by atoms with Crippen molar-refractivity contribution in [3.05, 3.63) is 46.4 Å². The SMILES string of the molecule is NCc1ccsc1C(=O)Nc1ccc2nc[nH]c2c1. The van der Waals surface area contributed by atoms with Gasteiger partial charge in [0.05, 0.1) is 22.2 Å². The fourth-order valence-electron chi connectivity index (χ4n) is 1.90. The van der Waals surface area contributed by atoms with Gasteiger partial charge in [-0.1, -0.05) is 0 Å². The summed E-state index contributed by atoms with van der Waals surface area (Å²) in [4.78, 5) is 20.0. The number of fused-ring (bicyclic) bond motifs is 1. The molecule has 6 heteroatoms. The fraction of sp³-hybridized carbons (Fsp3) is 0.0769. The van der Waals surface area contributed by atoms with Gasteiger partial charge < -0.3 is 16.0 Å². The number of hydrogen-bond acceptors (Lipinski definition) is 4. The molecular formula is C13H12N4OS. The van der Waals surface area contributed by atoms with Gasteiger partial charge in [0.2, 0.25) is 0 Å². The molecule has 0 atom stereocenters. The second-order valence-corrected chi connectivity index (χ2v) is 4.98. The van der Waals surface area contributed by atoms with Crippen molar-refractivity contribution in [1.82, 2.24) is 9.97 Å². The molecule has 0 unspecified atom stereocenters. The van der Waals surface area contributed by atoms with E-state index in [4.69, 9.17) is 5.73 Å². The average molecular weight is 272 g/mol. The molecule has 1 aromatic carbocycles. The lowest BCUT2D eigenvalue weighted by molar-refractivity contribution is 0.103. The second kappa shape index (κ2) is 4.83. The zero-order chi connectivity index (χ0) is 13.2. The Labute approximate surface area is 113 Å². The van der Waals surface area contributed by atoms with Crippen molar-refractivity contribution in [2.75, 3.05) is 5.32 Å². The molecule has 0 aliphatic carbocycles. The van der Waals surface area contributed by atoms with Crippen LogP contribution in [0.3, 0.4) is 0 Å². The van der Waals surface area contributed by atoms with Crippen LogP contribution in [0.2, 0.25) is 0 Å². The lowest BCUT2D eigenvalue weighted by Crippen LogP contribution is -2.13. The van der Waals surface area contributed by atoms with Gasteiger partial charge in [0, 0.05) is 12.2 Å². The maximum Gasteiger partial charge on any atom is 0.266 e. The van der Waals surface area contributed by atoms with E-state index >= 15 is 0 Å². The Balaban J connectivity index is 1.86. The maximum absolute atomic E-state index is 12.1. The molecule has 0 saturated heterocycles. The first kappa shape index (κ1) is 11.9. The highest BCUT2D eigenvalue weighted by Gasteiger charge is 2.12. The highest BCUT2D eigenvalue weighted by atomic mass is 32.1. The number of aromatic amines is 1. The highest BCUT2D eigenvalue weighted by Crippen LogP contribution is 2.20. The van der Waals surface area contributed by atoms with E-state index < -0.39 is 0 Å². The third kappa shape index (κ3) is 2.23. The molecule has 4 N–H and O–H groups in total. The Kier molecular flexibility index (Phi) is 3.02. The smallest absolute Gasteiger partial charge is 0.266 e. The summed E-state index contributed by atoms with van der Waals surface area (Å²) in [5.41, 5.74) is 8.96. The molecule has 0 saturated carbocycles. The van der Waals surface area contributed by atoms with Crippen LogP contribution in [-0.2, 0) is 6.54 Å². The van der Waals surface area contributed by atoms with Crippen LogP contribution in [0.4, 0.5) is 5.69 Å². The van der Waals surface area contributed by atoms with Gasteiger partial charge in [-0.2, -0.15) is 0 Å². The summed E-state index contributed by atoms with van der Waals surface area (Å²) in [6.45, 7) is 0.367. The predicted octanol–water partition coefficient (Wildman–Crippen LogP) is 2.34. The van der Waals surface area contributed by atoms with Crippen molar-refractivity contribution in [1.29, 1.82) is 0 Å². The normalized spacial score (nSPS) is 10.8. The number of anilines is 1. The van der Waals surface area contributed by atoms with Crippen molar-refractivity contribution in [2.45, 2.75) is 6.54 Å². The van der Waals surface area contributed by atoms with Gasteiger partial charge in [-0.3, -0.25) is 4.79 Å². The molecule has 0 aliphatic rings. The largest absolute Gasteiger partial charge is 0.345 e. The Morgan fingerprint density at radius 3 is 3.16 bits per heavy atom. The predicted molar refractivity (Wildman–Crippen MR) is 76.3 cm³/mol. The number of aromatic nitrogens is 2. The average Bonchev–Trinajstić information content (AvgIpc) is 3.06. The van der Waals surface area contributed by atoms with E-state index in [0.717, 1.165) is 22.3 Å². The molecule has 0 fully saturated rings. The molecule has 0 bridgehead atoms. The molecule has 2 heterocycles. The number of hydrogen-bond donors (Lipinski definition) is 3.